The fourth-order valence-electron chi connectivity index (χ4n) is 2.49. The number of hydrogen-bond donors (Lipinski definition) is 1. The summed E-state index contributed by atoms with van der Waals surface area (Å²) in [5.41, 5.74) is 0.845. The Labute approximate surface area is 127 Å². The van der Waals surface area contributed by atoms with Crippen LogP contribution in [-0.4, -0.2) is 36.4 Å². The van der Waals surface area contributed by atoms with Gasteiger partial charge in [0.1, 0.15) is 6.61 Å². The predicted octanol–water partition coefficient (Wildman–Crippen LogP) is 3.29. The molecule has 0 saturated carbocycles. The summed E-state index contributed by atoms with van der Waals surface area (Å²) >= 11 is 0. The van der Waals surface area contributed by atoms with Crippen molar-refractivity contribution in [3.8, 4) is 0 Å². The average molecular weight is 316 g/mol. The molecule has 0 aliphatic carbocycles. The van der Waals surface area contributed by atoms with Crippen molar-refractivity contribution in [2.75, 3.05) is 13.1 Å². The molecule has 0 radical (unpaired) electrons. The number of ether oxygens (including phenoxy) is 1. The summed E-state index contributed by atoms with van der Waals surface area (Å²) in [5, 5.41) is 1.50. The topological polar surface area (TPSA) is 41.6 Å². The lowest BCUT2D eigenvalue weighted by molar-refractivity contribution is -0.159. The number of alkyl halides is 3. The molecule has 1 aliphatic heterocycles. The van der Waals surface area contributed by atoms with E-state index in [1.54, 1.807) is 0 Å². The zero-order chi connectivity index (χ0) is 16.0. The smallest absolute Gasteiger partial charge is 0.445 e. The Hall–Kier alpha value is -1.76. The van der Waals surface area contributed by atoms with Crippen molar-refractivity contribution in [2.45, 2.75) is 38.2 Å². The maximum atomic E-state index is 12.3. The van der Waals surface area contributed by atoms with Crippen LogP contribution in [-0.2, 0) is 11.3 Å². The number of likely N-dealkylation sites (tertiary alicyclic amines) is 1. The van der Waals surface area contributed by atoms with Crippen molar-refractivity contribution in [3.05, 3.63) is 35.9 Å². The van der Waals surface area contributed by atoms with E-state index in [0.717, 1.165) is 18.4 Å². The van der Waals surface area contributed by atoms with Crippen molar-refractivity contribution >= 4 is 6.09 Å². The first kappa shape index (κ1) is 16.6. The number of nitrogens with one attached hydrogen (secondary N) is 1. The molecule has 0 spiro atoms. The highest BCUT2D eigenvalue weighted by atomic mass is 19.4. The molecule has 1 atom stereocenters. The van der Waals surface area contributed by atoms with Crippen molar-refractivity contribution in [1.29, 1.82) is 0 Å². The lowest BCUT2D eigenvalue weighted by Crippen LogP contribution is -2.50. The molecule has 1 N–H and O–H groups in total. The van der Waals surface area contributed by atoms with Crippen molar-refractivity contribution in [3.63, 3.8) is 0 Å². The molecular weight excluding hydrogens is 297 g/mol. The van der Waals surface area contributed by atoms with Gasteiger partial charge in [-0.25, -0.2) is 10.1 Å². The van der Waals surface area contributed by atoms with Crippen molar-refractivity contribution in [2.24, 2.45) is 0 Å². The van der Waals surface area contributed by atoms with Gasteiger partial charge in [-0.1, -0.05) is 30.3 Å². The van der Waals surface area contributed by atoms with Crippen molar-refractivity contribution in [1.82, 2.24) is 10.2 Å². The van der Waals surface area contributed by atoms with Crippen LogP contribution in [0.15, 0.2) is 30.3 Å². The molecule has 2 rings (SSSR count). The van der Waals surface area contributed by atoms with Crippen LogP contribution in [0.25, 0.3) is 0 Å². The lowest BCUT2D eigenvalue weighted by Gasteiger charge is -2.35. The number of carbonyl (C=O) groups excluding carboxylic acids is 1. The van der Waals surface area contributed by atoms with Crippen molar-refractivity contribution < 1.29 is 22.7 Å². The molecule has 1 saturated heterocycles. The number of hydrogen-bond acceptors (Lipinski definition) is 3. The first-order valence-corrected chi connectivity index (χ1v) is 7.25. The molecule has 0 bridgehead atoms. The zero-order valence-corrected chi connectivity index (χ0v) is 12.1. The minimum Gasteiger partial charge on any atom is -0.445 e. The van der Waals surface area contributed by atoms with Crippen LogP contribution in [0, 0.1) is 0 Å². The predicted molar refractivity (Wildman–Crippen MR) is 75.0 cm³/mol. The molecule has 4 nitrogen and oxygen atoms in total. The van der Waals surface area contributed by atoms with E-state index in [-0.39, 0.29) is 13.2 Å². The van der Waals surface area contributed by atoms with Gasteiger partial charge in [0.15, 0.2) is 0 Å². The van der Waals surface area contributed by atoms with Gasteiger partial charge in [-0.15, -0.1) is 0 Å². The molecular formula is C15H19F3N2O2. The van der Waals surface area contributed by atoms with Crippen LogP contribution >= 0.6 is 0 Å². The SMILES string of the molecule is O=C(OCc1ccccc1)N1CCCC[C@@H]1CNC(F)(F)F. The summed E-state index contributed by atoms with van der Waals surface area (Å²) in [4.78, 5) is 13.5. The average Bonchev–Trinajstić information content (AvgIpc) is 2.51. The normalized spacial score (nSPS) is 19.0. The summed E-state index contributed by atoms with van der Waals surface area (Å²) in [6.45, 7) is 0.247. The molecule has 22 heavy (non-hydrogen) atoms. The van der Waals surface area contributed by atoms with Crippen LogP contribution in [0.1, 0.15) is 24.8 Å². The summed E-state index contributed by atoms with van der Waals surface area (Å²) in [7, 11) is 0. The molecule has 0 aromatic heterocycles. The van der Waals surface area contributed by atoms with Gasteiger partial charge in [-0.2, -0.15) is 13.2 Å². The number of rotatable bonds is 4. The Kier molecular flexibility index (Phi) is 5.65. The second-order valence-electron chi connectivity index (χ2n) is 5.26. The lowest BCUT2D eigenvalue weighted by atomic mass is 10.0. The molecule has 0 unspecified atom stereocenters. The second-order valence-corrected chi connectivity index (χ2v) is 5.26. The molecule has 1 aromatic carbocycles. The Balaban J connectivity index is 1.87. The van der Waals surface area contributed by atoms with E-state index in [9.17, 15) is 18.0 Å². The third-order valence-electron chi connectivity index (χ3n) is 3.60. The van der Waals surface area contributed by atoms with E-state index in [1.165, 1.54) is 10.2 Å². The standard InChI is InChI=1S/C15H19F3N2O2/c16-15(17,18)19-10-13-8-4-5-9-20(13)14(21)22-11-12-6-2-1-3-7-12/h1-3,6-7,13,19H,4-5,8-11H2/t13-/m1/s1. The van der Waals surface area contributed by atoms with Gasteiger partial charge in [0.2, 0.25) is 0 Å². The van der Waals surface area contributed by atoms with E-state index in [1.807, 2.05) is 30.3 Å². The molecule has 1 heterocycles. The molecule has 1 amide bonds. The third kappa shape index (κ3) is 5.22. The van der Waals surface area contributed by atoms with Gasteiger partial charge >= 0.3 is 12.4 Å². The minimum absolute atomic E-state index is 0.121. The third-order valence-corrected chi connectivity index (χ3v) is 3.60. The summed E-state index contributed by atoms with van der Waals surface area (Å²) in [6.07, 6.45) is -2.85. The Morgan fingerprint density at radius 2 is 2.00 bits per heavy atom. The quantitative estimate of drug-likeness (QED) is 0.867. The van der Waals surface area contributed by atoms with E-state index in [0.29, 0.717) is 13.0 Å². The van der Waals surface area contributed by atoms with Gasteiger partial charge in [0.05, 0.1) is 0 Å². The number of nitrogens with zero attached hydrogens (tertiary/aromatic N) is 1. The Morgan fingerprint density at radius 1 is 1.27 bits per heavy atom. The van der Waals surface area contributed by atoms with E-state index < -0.39 is 18.4 Å². The maximum absolute atomic E-state index is 12.3. The summed E-state index contributed by atoms with van der Waals surface area (Å²) in [6, 6.07) is 8.69. The fraction of sp³-hybridized carbons (Fsp3) is 0.533. The molecule has 1 aromatic rings. The number of carbonyl (C=O) groups is 1. The van der Waals surface area contributed by atoms with Gasteiger partial charge in [0.25, 0.3) is 0 Å². The number of benzene rings is 1. The molecule has 122 valence electrons. The highest BCUT2D eigenvalue weighted by Crippen LogP contribution is 2.19. The first-order chi connectivity index (χ1) is 10.5. The summed E-state index contributed by atoms with van der Waals surface area (Å²) in [5.74, 6) is 0. The van der Waals surface area contributed by atoms with Crippen LogP contribution < -0.4 is 5.32 Å². The van der Waals surface area contributed by atoms with E-state index >= 15 is 0 Å². The van der Waals surface area contributed by atoms with Crippen LogP contribution in [0.5, 0.6) is 0 Å². The minimum atomic E-state index is -4.43. The maximum Gasteiger partial charge on any atom is 0.457 e. The number of amides is 1. The van der Waals surface area contributed by atoms with Gasteiger partial charge < -0.3 is 9.64 Å². The van der Waals surface area contributed by atoms with Crippen LogP contribution in [0.4, 0.5) is 18.0 Å². The largest absolute Gasteiger partial charge is 0.457 e. The van der Waals surface area contributed by atoms with Gasteiger partial charge in [-0.3, -0.25) is 0 Å². The molecule has 7 heteroatoms. The van der Waals surface area contributed by atoms with Gasteiger partial charge in [0, 0.05) is 19.1 Å². The zero-order valence-electron chi connectivity index (χ0n) is 12.1. The monoisotopic (exact) mass is 316 g/mol. The first-order valence-electron chi connectivity index (χ1n) is 7.25. The van der Waals surface area contributed by atoms with E-state index in [4.69, 9.17) is 4.74 Å². The van der Waals surface area contributed by atoms with Crippen LogP contribution in [0.2, 0.25) is 0 Å². The Morgan fingerprint density at radius 3 is 2.68 bits per heavy atom. The Bertz CT molecular complexity index is 479. The highest BCUT2D eigenvalue weighted by molar-refractivity contribution is 5.68. The van der Waals surface area contributed by atoms with E-state index in [2.05, 4.69) is 0 Å². The van der Waals surface area contributed by atoms with Crippen LogP contribution in [0.3, 0.4) is 0 Å². The number of halogens is 3. The highest BCUT2D eigenvalue weighted by Gasteiger charge is 2.32. The second kappa shape index (κ2) is 7.49. The molecule has 1 fully saturated rings. The number of piperidine rings is 1. The molecule has 1 aliphatic rings. The summed E-state index contributed by atoms with van der Waals surface area (Å²) < 4.78 is 42.0. The van der Waals surface area contributed by atoms with Gasteiger partial charge in [-0.05, 0) is 24.8 Å². The fourth-order valence-corrected chi connectivity index (χ4v) is 2.49.